The van der Waals surface area contributed by atoms with Crippen LogP contribution >= 0.6 is 0 Å². The van der Waals surface area contributed by atoms with Crippen molar-refractivity contribution < 1.29 is 28.3 Å². The Morgan fingerprint density at radius 3 is 1.90 bits per heavy atom. The number of aliphatic carboxylic acids is 1. The fourth-order valence-electron chi connectivity index (χ4n) is 4.39. The van der Waals surface area contributed by atoms with Crippen LogP contribution in [0.1, 0.15) is 51.2 Å². The van der Waals surface area contributed by atoms with E-state index in [9.17, 15) is 28.3 Å². The number of hydrogen-bond donors (Lipinski definition) is 2. The van der Waals surface area contributed by atoms with E-state index in [0.717, 1.165) is 5.56 Å². The van der Waals surface area contributed by atoms with E-state index in [2.05, 4.69) is 5.32 Å². The predicted molar refractivity (Wildman–Crippen MR) is 148 cm³/mol. The quantitative estimate of drug-likeness (QED) is 0.248. The molecule has 0 radical (unpaired) electrons. The molecule has 8 heteroatoms. The Bertz CT molecular complexity index is 1500. The van der Waals surface area contributed by atoms with E-state index in [-0.39, 0.29) is 31.2 Å². The van der Waals surface area contributed by atoms with Gasteiger partial charge >= 0.3 is 5.97 Å². The molecule has 0 saturated heterocycles. The average molecular weight is 543 g/mol. The molecule has 2 amide bonds. The third-order valence-electron chi connectivity index (χ3n) is 6.51. The Labute approximate surface area is 230 Å². The summed E-state index contributed by atoms with van der Waals surface area (Å²) in [5.74, 6) is -2.63. The molecule has 0 aliphatic rings. The summed E-state index contributed by atoms with van der Waals surface area (Å²) in [6.45, 7) is 1.82. The Morgan fingerprint density at radius 2 is 1.30 bits per heavy atom. The van der Waals surface area contributed by atoms with Gasteiger partial charge in [-0.1, -0.05) is 60.7 Å². The molecule has 0 bridgehead atoms. The van der Waals surface area contributed by atoms with Crippen LogP contribution in [0.2, 0.25) is 0 Å². The number of carboxylic acid groups (broad SMARTS) is 1. The molecule has 4 aromatic rings. The van der Waals surface area contributed by atoms with Crippen LogP contribution in [-0.4, -0.2) is 34.3 Å². The number of nitrogens with zero attached hydrogens (tertiary/aromatic N) is 1. The average Bonchev–Trinajstić information content (AvgIpc) is 2.96. The second-order valence-electron chi connectivity index (χ2n) is 9.33. The van der Waals surface area contributed by atoms with E-state index in [0.29, 0.717) is 27.8 Å². The Balaban J connectivity index is 1.65. The first kappa shape index (κ1) is 28.2. The fraction of sp³-hybridized carbons (Fsp3) is 0.156. The lowest BCUT2D eigenvalue weighted by Crippen LogP contribution is -2.33. The first-order chi connectivity index (χ1) is 19.2. The molecule has 4 aromatic carbocycles. The minimum atomic E-state index is -1.05. The van der Waals surface area contributed by atoms with Crippen molar-refractivity contribution in [1.29, 1.82) is 0 Å². The molecule has 0 fully saturated rings. The van der Waals surface area contributed by atoms with Gasteiger partial charge in [-0.2, -0.15) is 0 Å². The van der Waals surface area contributed by atoms with E-state index in [1.807, 2.05) is 0 Å². The van der Waals surface area contributed by atoms with E-state index >= 15 is 0 Å². The van der Waals surface area contributed by atoms with Gasteiger partial charge in [0.25, 0.3) is 11.8 Å². The lowest BCUT2D eigenvalue weighted by atomic mass is 9.94. The van der Waals surface area contributed by atoms with Crippen molar-refractivity contribution in [2.75, 3.05) is 6.54 Å². The number of halogens is 2. The summed E-state index contributed by atoms with van der Waals surface area (Å²) in [7, 11) is 0. The van der Waals surface area contributed by atoms with Crippen LogP contribution in [0, 0.1) is 11.6 Å². The van der Waals surface area contributed by atoms with Gasteiger partial charge in [0.15, 0.2) is 0 Å². The SMILES string of the molecule is CC(NC(=O)c1ccccc1-c1ccccc1C(=O)N(CCC(=O)O)Cc1ccc(F)cc1)c1ccc(F)cc1. The van der Waals surface area contributed by atoms with Crippen LogP contribution in [0.25, 0.3) is 11.1 Å². The summed E-state index contributed by atoms with van der Waals surface area (Å²) in [5.41, 5.74) is 3.04. The van der Waals surface area contributed by atoms with Crippen LogP contribution in [0.5, 0.6) is 0 Å². The van der Waals surface area contributed by atoms with E-state index in [1.54, 1.807) is 79.7 Å². The molecule has 0 aliphatic carbocycles. The molecular formula is C32H28F2N2O4. The smallest absolute Gasteiger partial charge is 0.305 e. The maximum atomic E-state index is 13.8. The zero-order valence-electron chi connectivity index (χ0n) is 21.8. The maximum Gasteiger partial charge on any atom is 0.305 e. The highest BCUT2D eigenvalue weighted by Crippen LogP contribution is 2.29. The van der Waals surface area contributed by atoms with Gasteiger partial charge in [0.05, 0.1) is 12.5 Å². The highest BCUT2D eigenvalue weighted by molar-refractivity contribution is 6.06. The van der Waals surface area contributed by atoms with Gasteiger partial charge in [0.1, 0.15) is 11.6 Å². The molecule has 0 heterocycles. The van der Waals surface area contributed by atoms with E-state index in [1.165, 1.54) is 29.2 Å². The van der Waals surface area contributed by atoms with Crippen LogP contribution in [0.15, 0.2) is 97.1 Å². The van der Waals surface area contributed by atoms with E-state index in [4.69, 9.17) is 0 Å². The van der Waals surface area contributed by atoms with Gasteiger partial charge in [-0.05, 0) is 65.6 Å². The summed E-state index contributed by atoms with van der Waals surface area (Å²) in [5, 5.41) is 12.2. The summed E-state index contributed by atoms with van der Waals surface area (Å²) < 4.78 is 26.8. The lowest BCUT2D eigenvalue weighted by Gasteiger charge is -2.24. The molecule has 204 valence electrons. The van der Waals surface area contributed by atoms with Crippen LogP contribution < -0.4 is 5.32 Å². The number of carboxylic acids is 1. The molecule has 0 aromatic heterocycles. The normalized spacial score (nSPS) is 11.5. The molecule has 4 rings (SSSR count). The highest BCUT2D eigenvalue weighted by Gasteiger charge is 2.23. The van der Waals surface area contributed by atoms with E-state index < -0.39 is 23.7 Å². The highest BCUT2D eigenvalue weighted by atomic mass is 19.1. The van der Waals surface area contributed by atoms with Crippen molar-refractivity contribution in [2.24, 2.45) is 0 Å². The van der Waals surface area contributed by atoms with Crippen molar-refractivity contribution in [2.45, 2.75) is 25.9 Å². The van der Waals surface area contributed by atoms with Crippen molar-refractivity contribution in [3.8, 4) is 11.1 Å². The summed E-state index contributed by atoms with van der Waals surface area (Å²) in [6, 6.07) is 24.8. The van der Waals surface area contributed by atoms with Crippen molar-refractivity contribution >= 4 is 17.8 Å². The fourth-order valence-corrected chi connectivity index (χ4v) is 4.39. The van der Waals surface area contributed by atoms with Gasteiger partial charge in [0, 0.05) is 24.2 Å². The van der Waals surface area contributed by atoms with Gasteiger partial charge < -0.3 is 15.3 Å². The number of amides is 2. The monoisotopic (exact) mass is 542 g/mol. The van der Waals surface area contributed by atoms with Gasteiger partial charge in [-0.15, -0.1) is 0 Å². The molecular weight excluding hydrogens is 514 g/mol. The second-order valence-corrected chi connectivity index (χ2v) is 9.33. The van der Waals surface area contributed by atoms with Crippen molar-refractivity contribution in [3.63, 3.8) is 0 Å². The van der Waals surface area contributed by atoms with Crippen LogP contribution in [0.3, 0.4) is 0 Å². The minimum Gasteiger partial charge on any atom is -0.481 e. The Kier molecular flexibility index (Phi) is 9.01. The molecule has 1 unspecified atom stereocenters. The summed E-state index contributed by atoms with van der Waals surface area (Å²) in [6.07, 6.45) is -0.268. The molecule has 1 atom stereocenters. The lowest BCUT2D eigenvalue weighted by molar-refractivity contribution is -0.137. The number of nitrogens with one attached hydrogen (secondary N) is 1. The maximum absolute atomic E-state index is 13.8. The summed E-state index contributed by atoms with van der Waals surface area (Å²) in [4.78, 5) is 39.9. The number of carbonyl (C=O) groups is 3. The Hall–Kier alpha value is -4.85. The molecule has 2 N–H and O–H groups in total. The number of hydrogen-bond acceptors (Lipinski definition) is 3. The molecule has 6 nitrogen and oxygen atoms in total. The topological polar surface area (TPSA) is 86.7 Å². The zero-order valence-corrected chi connectivity index (χ0v) is 21.8. The largest absolute Gasteiger partial charge is 0.481 e. The number of benzene rings is 4. The van der Waals surface area contributed by atoms with Crippen LogP contribution in [0.4, 0.5) is 8.78 Å². The minimum absolute atomic E-state index is 0.0583. The summed E-state index contributed by atoms with van der Waals surface area (Å²) >= 11 is 0. The molecule has 0 aliphatic heterocycles. The molecule has 40 heavy (non-hydrogen) atoms. The number of rotatable bonds is 10. The zero-order chi connectivity index (χ0) is 28.6. The number of carbonyl (C=O) groups excluding carboxylic acids is 2. The molecule has 0 spiro atoms. The third kappa shape index (κ3) is 6.96. The van der Waals surface area contributed by atoms with Gasteiger partial charge in [-0.3, -0.25) is 14.4 Å². The standard InChI is InChI=1S/C32H28F2N2O4/c1-21(23-12-16-25(34)17-13-23)35-31(39)28-8-4-2-6-26(28)27-7-3-5-9-29(27)32(40)36(19-18-30(37)38)20-22-10-14-24(33)15-11-22/h2-17,21H,18-20H2,1H3,(H,35,39)(H,37,38). The molecule has 0 saturated carbocycles. The van der Waals surface area contributed by atoms with Crippen LogP contribution in [-0.2, 0) is 11.3 Å². The predicted octanol–water partition coefficient (Wildman–Crippen LogP) is 6.24. The second kappa shape index (κ2) is 12.8. The van der Waals surface area contributed by atoms with Crippen molar-refractivity contribution in [3.05, 3.63) is 131 Å². The first-order valence-electron chi connectivity index (χ1n) is 12.7. The first-order valence-corrected chi connectivity index (χ1v) is 12.7. The van der Waals surface area contributed by atoms with Crippen molar-refractivity contribution in [1.82, 2.24) is 10.2 Å². The third-order valence-corrected chi connectivity index (χ3v) is 6.51. The van der Waals surface area contributed by atoms with Gasteiger partial charge in [0.2, 0.25) is 0 Å². The van der Waals surface area contributed by atoms with Gasteiger partial charge in [-0.25, -0.2) is 8.78 Å². The Morgan fingerprint density at radius 1 is 0.775 bits per heavy atom.